The lowest BCUT2D eigenvalue weighted by Crippen LogP contribution is -2.38. The number of likely N-dealkylation sites (N-methyl/N-ethyl adjacent to an activating group) is 1. The molecule has 0 saturated carbocycles. The van der Waals surface area contributed by atoms with Crippen LogP contribution in [0.1, 0.15) is 33.3 Å². The Morgan fingerprint density at radius 2 is 1.57 bits per heavy atom. The van der Waals surface area contributed by atoms with Gasteiger partial charge >= 0.3 is 0 Å². The summed E-state index contributed by atoms with van der Waals surface area (Å²) in [5.74, 6) is 0.636. The van der Waals surface area contributed by atoms with Gasteiger partial charge in [-0.2, -0.15) is 0 Å². The molecule has 0 N–H and O–H groups in total. The van der Waals surface area contributed by atoms with Gasteiger partial charge in [0.05, 0.1) is 0 Å². The topological polar surface area (TPSA) is 29.5 Å². The van der Waals surface area contributed by atoms with Gasteiger partial charge in [0.2, 0.25) is 0 Å². The molecule has 2 aromatic rings. The minimum Gasteiger partial charge on any atom is -0.481 e. The standard InChI is InChI=1S/C20H25NO2/c1-15(19(22)21(5)17-9-7-6-8-10-17)23-18-13-11-16(12-14-18)20(2,3)4/h6-15H,1-5H3/t15-/m1/s1. The van der Waals surface area contributed by atoms with Crippen molar-refractivity contribution in [1.82, 2.24) is 0 Å². The SMILES string of the molecule is C[C@@H](Oc1ccc(C(C)(C)C)cc1)C(=O)N(C)c1ccccc1. The highest BCUT2D eigenvalue weighted by molar-refractivity contribution is 5.95. The lowest BCUT2D eigenvalue weighted by atomic mass is 9.87. The molecule has 0 fully saturated rings. The summed E-state index contributed by atoms with van der Waals surface area (Å²) in [4.78, 5) is 14.1. The lowest BCUT2D eigenvalue weighted by Gasteiger charge is -2.23. The molecule has 0 spiro atoms. The highest BCUT2D eigenvalue weighted by Gasteiger charge is 2.20. The van der Waals surface area contributed by atoms with Gasteiger partial charge in [0, 0.05) is 12.7 Å². The van der Waals surface area contributed by atoms with Gasteiger partial charge in [0.25, 0.3) is 5.91 Å². The molecular formula is C20H25NO2. The molecule has 0 aliphatic carbocycles. The first-order chi connectivity index (χ1) is 10.8. The zero-order chi connectivity index (χ0) is 17.0. The largest absolute Gasteiger partial charge is 0.481 e. The number of amides is 1. The Morgan fingerprint density at radius 3 is 2.09 bits per heavy atom. The average molecular weight is 311 g/mol. The van der Waals surface area contributed by atoms with E-state index >= 15 is 0 Å². The highest BCUT2D eigenvalue weighted by Crippen LogP contribution is 2.25. The summed E-state index contributed by atoms with van der Waals surface area (Å²) in [5.41, 5.74) is 2.20. The lowest BCUT2D eigenvalue weighted by molar-refractivity contribution is -0.124. The summed E-state index contributed by atoms with van der Waals surface area (Å²) in [6, 6.07) is 17.5. The Bertz CT molecular complexity index is 642. The first-order valence-electron chi connectivity index (χ1n) is 7.89. The van der Waals surface area contributed by atoms with Crippen LogP contribution in [-0.4, -0.2) is 19.1 Å². The molecule has 2 rings (SSSR count). The quantitative estimate of drug-likeness (QED) is 0.837. The van der Waals surface area contributed by atoms with Crippen LogP contribution in [0.15, 0.2) is 54.6 Å². The number of anilines is 1. The van der Waals surface area contributed by atoms with Crippen molar-refractivity contribution in [2.45, 2.75) is 39.2 Å². The number of carbonyl (C=O) groups is 1. The molecule has 0 aliphatic heterocycles. The molecule has 1 atom stereocenters. The summed E-state index contributed by atoms with van der Waals surface area (Å²) in [6.45, 7) is 8.29. The van der Waals surface area contributed by atoms with Crippen LogP contribution in [0.25, 0.3) is 0 Å². The van der Waals surface area contributed by atoms with E-state index in [9.17, 15) is 4.79 Å². The van der Waals surface area contributed by atoms with Crippen molar-refractivity contribution in [1.29, 1.82) is 0 Å². The maximum absolute atomic E-state index is 12.5. The first-order valence-corrected chi connectivity index (χ1v) is 7.89. The second-order valence-corrected chi connectivity index (χ2v) is 6.77. The zero-order valence-corrected chi connectivity index (χ0v) is 14.5. The summed E-state index contributed by atoms with van der Waals surface area (Å²) >= 11 is 0. The van der Waals surface area contributed by atoms with Gasteiger partial charge in [-0.05, 0) is 42.2 Å². The van der Waals surface area contributed by atoms with Crippen LogP contribution in [0.5, 0.6) is 5.75 Å². The van der Waals surface area contributed by atoms with Crippen LogP contribution >= 0.6 is 0 Å². The highest BCUT2D eigenvalue weighted by atomic mass is 16.5. The second-order valence-electron chi connectivity index (χ2n) is 6.77. The normalized spacial score (nSPS) is 12.6. The van der Waals surface area contributed by atoms with Crippen LogP contribution in [0.3, 0.4) is 0 Å². The first kappa shape index (κ1) is 17.1. The Morgan fingerprint density at radius 1 is 1.00 bits per heavy atom. The van der Waals surface area contributed by atoms with E-state index in [4.69, 9.17) is 4.74 Å². The van der Waals surface area contributed by atoms with E-state index in [2.05, 4.69) is 20.8 Å². The third kappa shape index (κ3) is 4.35. The van der Waals surface area contributed by atoms with Crippen LogP contribution in [0.4, 0.5) is 5.69 Å². The third-order valence-electron chi connectivity index (χ3n) is 3.86. The molecule has 2 aromatic carbocycles. The van der Waals surface area contributed by atoms with Crippen LogP contribution in [0, 0.1) is 0 Å². The molecule has 122 valence electrons. The van der Waals surface area contributed by atoms with E-state index in [1.54, 1.807) is 18.9 Å². The van der Waals surface area contributed by atoms with Gasteiger partial charge < -0.3 is 9.64 Å². The zero-order valence-electron chi connectivity index (χ0n) is 14.5. The molecular weight excluding hydrogens is 286 g/mol. The third-order valence-corrected chi connectivity index (χ3v) is 3.86. The molecule has 23 heavy (non-hydrogen) atoms. The Kier molecular flexibility index (Phi) is 5.09. The molecule has 0 heterocycles. The smallest absolute Gasteiger partial charge is 0.267 e. The van der Waals surface area contributed by atoms with Gasteiger partial charge in [-0.25, -0.2) is 0 Å². The van der Waals surface area contributed by atoms with Crippen molar-refractivity contribution in [2.75, 3.05) is 11.9 Å². The fourth-order valence-corrected chi connectivity index (χ4v) is 2.34. The number of carbonyl (C=O) groups excluding carboxylic acids is 1. The van der Waals surface area contributed by atoms with E-state index < -0.39 is 6.10 Å². The molecule has 1 amide bonds. The van der Waals surface area contributed by atoms with Gasteiger partial charge in [0.15, 0.2) is 6.10 Å². The number of hydrogen-bond acceptors (Lipinski definition) is 2. The van der Waals surface area contributed by atoms with Crippen molar-refractivity contribution < 1.29 is 9.53 Å². The molecule has 3 nitrogen and oxygen atoms in total. The van der Waals surface area contributed by atoms with E-state index in [0.717, 1.165) is 5.69 Å². The van der Waals surface area contributed by atoms with Crippen molar-refractivity contribution in [3.8, 4) is 5.75 Å². The molecule has 0 unspecified atom stereocenters. The van der Waals surface area contributed by atoms with Crippen molar-refractivity contribution >= 4 is 11.6 Å². The number of hydrogen-bond donors (Lipinski definition) is 0. The monoisotopic (exact) mass is 311 g/mol. The number of para-hydroxylation sites is 1. The summed E-state index contributed by atoms with van der Waals surface area (Å²) in [7, 11) is 1.76. The van der Waals surface area contributed by atoms with Gasteiger partial charge in [-0.3, -0.25) is 4.79 Å². The van der Waals surface area contributed by atoms with E-state index in [-0.39, 0.29) is 11.3 Å². The number of benzene rings is 2. The molecule has 0 saturated heterocycles. The second kappa shape index (κ2) is 6.86. The van der Waals surface area contributed by atoms with Crippen molar-refractivity contribution in [3.63, 3.8) is 0 Å². The van der Waals surface area contributed by atoms with Crippen molar-refractivity contribution in [2.24, 2.45) is 0 Å². The van der Waals surface area contributed by atoms with Gasteiger partial charge in [-0.15, -0.1) is 0 Å². The van der Waals surface area contributed by atoms with Gasteiger partial charge in [0.1, 0.15) is 5.75 Å². The fourth-order valence-electron chi connectivity index (χ4n) is 2.34. The molecule has 3 heteroatoms. The van der Waals surface area contributed by atoms with Crippen LogP contribution in [0.2, 0.25) is 0 Å². The van der Waals surface area contributed by atoms with Crippen LogP contribution in [-0.2, 0) is 10.2 Å². The molecule has 0 radical (unpaired) electrons. The number of rotatable bonds is 4. The summed E-state index contributed by atoms with van der Waals surface area (Å²) < 4.78 is 5.80. The van der Waals surface area contributed by atoms with Crippen molar-refractivity contribution in [3.05, 3.63) is 60.2 Å². The maximum Gasteiger partial charge on any atom is 0.267 e. The van der Waals surface area contributed by atoms with E-state index in [1.807, 2.05) is 54.6 Å². The van der Waals surface area contributed by atoms with E-state index in [0.29, 0.717) is 5.75 Å². The Balaban J connectivity index is 2.04. The number of nitrogens with zero attached hydrogens (tertiary/aromatic N) is 1. The molecule has 0 aliphatic rings. The molecule has 0 aromatic heterocycles. The van der Waals surface area contributed by atoms with Crippen LogP contribution < -0.4 is 9.64 Å². The van der Waals surface area contributed by atoms with Gasteiger partial charge in [-0.1, -0.05) is 51.1 Å². The molecule has 0 bridgehead atoms. The maximum atomic E-state index is 12.5. The minimum absolute atomic E-state index is 0.0731. The summed E-state index contributed by atoms with van der Waals surface area (Å²) in [6.07, 6.45) is -0.541. The summed E-state index contributed by atoms with van der Waals surface area (Å²) in [5, 5.41) is 0. The predicted molar refractivity (Wildman–Crippen MR) is 95.1 cm³/mol. The predicted octanol–water partition coefficient (Wildman–Crippen LogP) is 4.41. The van der Waals surface area contributed by atoms with E-state index in [1.165, 1.54) is 5.56 Å². The Labute approximate surface area is 138 Å². The Hall–Kier alpha value is -2.29. The minimum atomic E-state index is -0.541. The number of ether oxygens (including phenoxy) is 1. The average Bonchev–Trinajstić information content (AvgIpc) is 2.54. The fraction of sp³-hybridized carbons (Fsp3) is 0.350.